The highest BCUT2D eigenvalue weighted by molar-refractivity contribution is 7.92. The Balaban J connectivity index is 1.27. The number of likely N-dealkylation sites (tertiary alicyclic amines) is 1. The number of alkyl halides is 2. The van der Waals surface area contributed by atoms with Crippen LogP contribution >= 0.6 is 11.3 Å². The molecule has 2 aliphatic heterocycles. The predicted octanol–water partition coefficient (Wildman–Crippen LogP) is 2.73. The van der Waals surface area contributed by atoms with Crippen molar-refractivity contribution in [3.63, 3.8) is 0 Å². The molecule has 1 saturated heterocycles. The molecule has 0 unspecified atom stereocenters. The number of nitrogens with two attached hydrogens (primary N) is 1. The van der Waals surface area contributed by atoms with E-state index in [2.05, 4.69) is 10.6 Å². The van der Waals surface area contributed by atoms with Crippen LogP contribution in [0.5, 0.6) is 0 Å². The largest absolute Gasteiger partial charge is 0.384 e. The third kappa shape index (κ3) is 5.27. The Morgan fingerprint density at radius 2 is 1.86 bits per heavy atom. The van der Waals surface area contributed by atoms with Crippen LogP contribution in [0.15, 0.2) is 63.7 Å². The summed E-state index contributed by atoms with van der Waals surface area (Å²) >= 11 is 1.26. The molecule has 0 saturated carbocycles. The van der Waals surface area contributed by atoms with Crippen molar-refractivity contribution in [1.82, 2.24) is 15.5 Å². The molecule has 1 aromatic heterocycles. The molecule has 3 heterocycles. The quantitative estimate of drug-likeness (QED) is 0.176. The van der Waals surface area contributed by atoms with Crippen molar-refractivity contribution in [2.45, 2.75) is 40.9 Å². The maximum atomic E-state index is 15.1. The van der Waals surface area contributed by atoms with Gasteiger partial charge in [0.1, 0.15) is 18.6 Å². The second-order valence-electron chi connectivity index (χ2n) is 10.3. The number of carbonyl (C=O) groups excluding carboxylic acids is 3. The van der Waals surface area contributed by atoms with Crippen LogP contribution in [-0.4, -0.2) is 68.3 Å². The fraction of sp³-hybridized carbons (Fsp3) is 0.286. The number of halogens is 2. The number of thiophene rings is 1. The molecular weight excluding hydrogens is 588 g/mol. The number of amidine groups is 1. The lowest BCUT2D eigenvalue weighted by atomic mass is 10.0. The topological polar surface area (TPSA) is 163 Å². The maximum Gasteiger partial charge on any atom is 0.251 e. The molecule has 0 radical (unpaired) electrons. The first-order valence-corrected chi connectivity index (χ1v) is 15.3. The molecule has 5 rings (SSSR count). The van der Waals surface area contributed by atoms with Crippen molar-refractivity contribution < 1.29 is 31.6 Å². The van der Waals surface area contributed by atoms with Gasteiger partial charge in [-0.05, 0) is 31.2 Å². The second kappa shape index (κ2) is 10.9. The van der Waals surface area contributed by atoms with Crippen LogP contribution in [-0.2, 0) is 19.4 Å². The van der Waals surface area contributed by atoms with E-state index < -0.39 is 71.5 Å². The highest BCUT2D eigenvalue weighted by Gasteiger charge is 2.49. The Labute approximate surface area is 244 Å². The minimum atomic E-state index is -3.82. The SMILES string of the molecule is C[C@@H](NC(=O)[C@@H]1C[C@](F)(CF)CN1C(=O)CNC(=O)c1ccc2c(c1)S(=O)(=O)c1ccccc1-2)c1cc(C(=N)N)cs1. The van der Waals surface area contributed by atoms with Gasteiger partial charge in [-0.1, -0.05) is 24.3 Å². The average Bonchev–Trinajstić information content (AvgIpc) is 3.66. The third-order valence-electron chi connectivity index (χ3n) is 7.37. The van der Waals surface area contributed by atoms with Gasteiger partial charge in [0.15, 0.2) is 5.67 Å². The molecule has 0 aliphatic carbocycles. The fourth-order valence-corrected chi connectivity index (χ4v) is 7.77. The molecule has 3 aromatic rings. The summed E-state index contributed by atoms with van der Waals surface area (Å²) in [6, 6.07) is 10.4. The van der Waals surface area contributed by atoms with Gasteiger partial charge < -0.3 is 21.3 Å². The van der Waals surface area contributed by atoms with Crippen LogP contribution in [0.2, 0.25) is 0 Å². The van der Waals surface area contributed by atoms with Crippen LogP contribution in [0.1, 0.15) is 40.2 Å². The minimum Gasteiger partial charge on any atom is -0.384 e. The number of nitrogen functional groups attached to an aromatic ring is 1. The van der Waals surface area contributed by atoms with E-state index in [-0.39, 0.29) is 21.2 Å². The number of carbonyl (C=O) groups is 3. The molecule has 5 N–H and O–H groups in total. The maximum absolute atomic E-state index is 15.1. The first-order chi connectivity index (χ1) is 19.8. The smallest absolute Gasteiger partial charge is 0.251 e. The summed E-state index contributed by atoms with van der Waals surface area (Å²) in [5.41, 5.74) is 4.53. The number of nitrogens with one attached hydrogen (secondary N) is 3. The summed E-state index contributed by atoms with van der Waals surface area (Å²) in [5, 5.41) is 14.3. The number of nitrogens with zero attached hydrogens (tertiary/aromatic N) is 1. The number of fused-ring (bicyclic) bond motifs is 3. The van der Waals surface area contributed by atoms with Crippen LogP contribution in [0.3, 0.4) is 0 Å². The molecule has 14 heteroatoms. The van der Waals surface area contributed by atoms with Crippen LogP contribution in [0.25, 0.3) is 11.1 Å². The summed E-state index contributed by atoms with van der Waals surface area (Å²) < 4.78 is 54.6. The van der Waals surface area contributed by atoms with E-state index >= 15 is 4.39 Å². The standard InChI is InChI=1S/C28H27F2N5O5S2/c1-15(21-8-17(12-41-21)25(31)32)34-27(38)20-10-28(30,13-29)14-35(20)24(36)11-33-26(37)16-6-7-19-18-4-2-3-5-22(18)42(39,40)23(19)9-16/h2-9,12,15,20H,10-11,13-14H2,1H3,(H3,31,32)(H,33,37)(H,34,38)/t15-,20+,28+/m1/s1. The molecule has 1 fully saturated rings. The Morgan fingerprint density at radius 1 is 1.14 bits per heavy atom. The number of benzene rings is 2. The van der Waals surface area contributed by atoms with Gasteiger partial charge in [-0.2, -0.15) is 0 Å². The van der Waals surface area contributed by atoms with E-state index in [4.69, 9.17) is 11.1 Å². The summed E-state index contributed by atoms with van der Waals surface area (Å²) in [4.78, 5) is 40.8. The first-order valence-electron chi connectivity index (χ1n) is 12.9. The van der Waals surface area contributed by atoms with Gasteiger partial charge in [0, 0.05) is 38.9 Å². The Bertz CT molecular complexity index is 1730. The van der Waals surface area contributed by atoms with E-state index in [9.17, 15) is 27.2 Å². The molecule has 10 nitrogen and oxygen atoms in total. The Hall–Kier alpha value is -4.17. The number of amides is 3. The molecule has 42 heavy (non-hydrogen) atoms. The summed E-state index contributed by atoms with van der Waals surface area (Å²) in [6.45, 7) is -1.03. The van der Waals surface area contributed by atoms with Crippen molar-refractivity contribution in [3.05, 3.63) is 69.9 Å². The number of hydrogen-bond acceptors (Lipinski definition) is 7. The highest BCUT2D eigenvalue weighted by Crippen LogP contribution is 2.43. The number of hydrogen-bond donors (Lipinski definition) is 4. The molecular formula is C28H27F2N5O5S2. The minimum absolute atomic E-state index is 0.00746. The highest BCUT2D eigenvalue weighted by atomic mass is 32.2. The van der Waals surface area contributed by atoms with Gasteiger partial charge in [0.2, 0.25) is 21.7 Å². The van der Waals surface area contributed by atoms with Crippen molar-refractivity contribution in [2.75, 3.05) is 19.8 Å². The Kier molecular flexibility index (Phi) is 7.62. The van der Waals surface area contributed by atoms with E-state index in [1.165, 1.54) is 35.6 Å². The van der Waals surface area contributed by atoms with Crippen molar-refractivity contribution in [1.29, 1.82) is 5.41 Å². The van der Waals surface area contributed by atoms with E-state index in [1.807, 2.05) is 0 Å². The van der Waals surface area contributed by atoms with Gasteiger partial charge in [0.05, 0.1) is 28.9 Å². The molecule has 220 valence electrons. The lowest BCUT2D eigenvalue weighted by Crippen LogP contribution is -2.49. The van der Waals surface area contributed by atoms with E-state index in [0.29, 0.717) is 21.6 Å². The summed E-state index contributed by atoms with van der Waals surface area (Å²) in [6.07, 6.45) is -0.561. The predicted molar refractivity (Wildman–Crippen MR) is 151 cm³/mol. The summed E-state index contributed by atoms with van der Waals surface area (Å²) in [7, 11) is -3.82. The van der Waals surface area contributed by atoms with E-state index in [0.717, 1.165) is 4.90 Å². The lowest BCUT2D eigenvalue weighted by Gasteiger charge is -2.25. The van der Waals surface area contributed by atoms with Gasteiger partial charge in [-0.15, -0.1) is 11.3 Å². The van der Waals surface area contributed by atoms with Crippen molar-refractivity contribution >= 4 is 44.7 Å². The first kappa shape index (κ1) is 29.3. The monoisotopic (exact) mass is 615 g/mol. The molecule has 2 aromatic carbocycles. The molecule has 3 amide bonds. The van der Waals surface area contributed by atoms with E-state index in [1.54, 1.807) is 36.6 Å². The lowest BCUT2D eigenvalue weighted by molar-refractivity contribution is -0.138. The second-order valence-corrected chi connectivity index (χ2v) is 13.1. The zero-order chi connectivity index (χ0) is 30.4. The third-order valence-corrected chi connectivity index (χ3v) is 10.3. The number of rotatable bonds is 8. The van der Waals surface area contributed by atoms with Gasteiger partial charge in [-0.3, -0.25) is 19.8 Å². The molecule has 3 atom stereocenters. The molecule has 0 spiro atoms. The van der Waals surface area contributed by atoms with Gasteiger partial charge in [0.25, 0.3) is 5.91 Å². The Morgan fingerprint density at radius 3 is 2.55 bits per heavy atom. The van der Waals surface area contributed by atoms with Crippen molar-refractivity contribution in [3.8, 4) is 11.1 Å². The summed E-state index contributed by atoms with van der Waals surface area (Å²) in [5.74, 6) is -2.39. The zero-order valence-electron chi connectivity index (χ0n) is 22.3. The average molecular weight is 616 g/mol. The zero-order valence-corrected chi connectivity index (χ0v) is 24.0. The van der Waals surface area contributed by atoms with Gasteiger partial charge >= 0.3 is 0 Å². The fourth-order valence-electron chi connectivity index (χ4n) is 5.14. The van der Waals surface area contributed by atoms with Crippen molar-refractivity contribution in [2.24, 2.45) is 5.73 Å². The van der Waals surface area contributed by atoms with Crippen LogP contribution in [0, 0.1) is 5.41 Å². The normalized spacial score (nSPS) is 20.8. The number of sulfone groups is 1. The molecule has 2 aliphatic rings. The van der Waals surface area contributed by atoms with Crippen LogP contribution < -0.4 is 16.4 Å². The van der Waals surface area contributed by atoms with Crippen LogP contribution in [0.4, 0.5) is 8.78 Å². The molecule has 0 bridgehead atoms. The van der Waals surface area contributed by atoms with Gasteiger partial charge in [-0.25, -0.2) is 17.2 Å².